The predicted molar refractivity (Wildman–Crippen MR) is 103 cm³/mol. The number of halogens is 4. The fraction of sp³-hybridized carbons (Fsp3) is 0.100. The van der Waals surface area contributed by atoms with Crippen molar-refractivity contribution in [2.45, 2.75) is 12.7 Å². The molecule has 150 valence electrons. The fourth-order valence-electron chi connectivity index (χ4n) is 2.44. The number of pyridine rings is 1. The van der Waals surface area contributed by atoms with Crippen LogP contribution in [0.2, 0.25) is 5.02 Å². The molecule has 0 fully saturated rings. The lowest BCUT2D eigenvalue weighted by Gasteiger charge is -2.12. The van der Waals surface area contributed by atoms with Crippen LogP contribution in [-0.4, -0.2) is 11.0 Å². The van der Waals surface area contributed by atoms with Gasteiger partial charge in [0, 0.05) is 18.4 Å². The number of nitrogens with zero attached hydrogens (tertiary/aromatic N) is 1. The molecule has 0 spiro atoms. The average molecular weight is 422 g/mol. The van der Waals surface area contributed by atoms with Crippen molar-refractivity contribution in [1.29, 1.82) is 0 Å². The van der Waals surface area contributed by atoms with Crippen LogP contribution in [0.15, 0.2) is 67.0 Å². The van der Waals surface area contributed by atoms with Gasteiger partial charge in [-0.1, -0.05) is 23.7 Å². The number of rotatable bonds is 5. The number of aromatic nitrogens is 1. The number of ether oxygens (including phenoxy) is 1. The van der Waals surface area contributed by atoms with E-state index in [0.29, 0.717) is 11.5 Å². The van der Waals surface area contributed by atoms with Gasteiger partial charge in [0.2, 0.25) is 0 Å². The zero-order valence-corrected chi connectivity index (χ0v) is 15.6. The van der Waals surface area contributed by atoms with E-state index in [-0.39, 0.29) is 12.2 Å². The third-order valence-corrected chi connectivity index (χ3v) is 4.08. The van der Waals surface area contributed by atoms with Crippen molar-refractivity contribution in [2.24, 2.45) is 0 Å². The molecule has 0 aliphatic heterocycles. The van der Waals surface area contributed by atoms with Crippen LogP contribution >= 0.6 is 11.6 Å². The Labute approximate surface area is 169 Å². The van der Waals surface area contributed by atoms with Crippen LogP contribution in [0.25, 0.3) is 0 Å². The molecular weight excluding hydrogens is 407 g/mol. The number of carbonyl (C=O) groups excluding carboxylic acids is 1. The summed E-state index contributed by atoms with van der Waals surface area (Å²) in [5.41, 5.74) is -0.293. The van der Waals surface area contributed by atoms with Crippen LogP contribution in [0.3, 0.4) is 0 Å². The molecule has 29 heavy (non-hydrogen) atoms. The molecule has 0 saturated heterocycles. The number of urea groups is 1. The Balaban J connectivity index is 1.59. The quantitative estimate of drug-likeness (QED) is 0.541. The number of hydrogen-bond acceptors (Lipinski definition) is 3. The Hall–Kier alpha value is -3.26. The summed E-state index contributed by atoms with van der Waals surface area (Å²) in [6.07, 6.45) is -1.41. The van der Waals surface area contributed by atoms with Crippen LogP contribution in [-0.2, 0) is 12.7 Å². The van der Waals surface area contributed by atoms with Gasteiger partial charge in [-0.05, 0) is 48.0 Å². The van der Waals surface area contributed by atoms with Crippen molar-refractivity contribution in [3.8, 4) is 11.5 Å². The van der Waals surface area contributed by atoms with Crippen LogP contribution in [0.1, 0.15) is 11.1 Å². The Morgan fingerprint density at radius 3 is 2.59 bits per heavy atom. The Morgan fingerprint density at radius 1 is 1.07 bits per heavy atom. The third kappa shape index (κ3) is 5.86. The van der Waals surface area contributed by atoms with Gasteiger partial charge in [-0.3, -0.25) is 4.98 Å². The smallest absolute Gasteiger partial charge is 0.417 e. The Bertz CT molecular complexity index is 998. The van der Waals surface area contributed by atoms with Gasteiger partial charge in [-0.25, -0.2) is 4.79 Å². The molecule has 3 rings (SSSR count). The summed E-state index contributed by atoms with van der Waals surface area (Å²) in [5.74, 6) is 1.13. The summed E-state index contributed by atoms with van der Waals surface area (Å²) < 4.78 is 44.4. The number of carbonyl (C=O) groups is 1. The number of hydrogen-bond donors (Lipinski definition) is 2. The summed E-state index contributed by atoms with van der Waals surface area (Å²) in [4.78, 5) is 16.0. The van der Waals surface area contributed by atoms with Crippen LogP contribution in [0.5, 0.6) is 11.5 Å². The molecule has 1 heterocycles. The monoisotopic (exact) mass is 421 g/mol. The summed E-state index contributed by atoms with van der Waals surface area (Å²) in [7, 11) is 0. The first kappa shape index (κ1) is 20.5. The number of anilines is 1. The summed E-state index contributed by atoms with van der Waals surface area (Å²) in [6.45, 7) is 0.149. The van der Waals surface area contributed by atoms with Crippen molar-refractivity contribution < 1.29 is 22.7 Å². The molecule has 2 amide bonds. The number of amides is 2. The molecule has 2 N–H and O–H groups in total. The molecule has 0 aliphatic carbocycles. The average Bonchev–Trinajstić information content (AvgIpc) is 2.68. The minimum absolute atomic E-state index is 0.0205. The van der Waals surface area contributed by atoms with E-state index in [1.165, 1.54) is 6.07 Å². The zero-order valence-electron chi connectivity index (χ0n) is 14.8. The molecule has 9 heteroatoms. The Morgan fingerprint density at radius 2 is 1.86 bits per heavy atom. The van der Waals surface area contributed by atoms with Crippen molar-refractivity contribution >= 4 is 23.3 Å². The van der Waals surface area contributed by atoms with Gasteiger partial charge in [-0.2, -0.15) is 13.2 Å². The van der Waals surface area contributed by atoms with E-state index < -0.39 is 22.8 Å². The van der Waals surface area contributed by atoms with Crippen LogP contribution in [0, 0.1) is 0 Å². The first-order chi connectivity index (χ1) is 13.8. The van der Waals surface area contributed by atoms with Gasteiger partial charge in [0.1, 0.15) is 11.5 Å². The number of alkyl halides is 3. The molecule has 0 unspecified atom stereocenters. The van der Waals surface area contributed by atoms with E-state index in [2.05, 4.69) is 15.6 Å². The molecule has 0 saturated carbocycles. The first-order valence-electron chi connectivity index (χ1n) is 8.40. The van der Waals surface area contributed by atoms with E-state index in [4.69, 9.17) is 16.3 Å². The van der Waals surface area contributed by atoms with Gasteiger partial charge in [-0.15, -0.1) is 0 Å². The maximum atomic E-state index is 12.9. The highest BCUT2D eigenvalue weighted by Crippen LogP contribution is 2.36. The predicted octanol–water partition coefficient (Wildman–Crippen LogP) is 5.87. The highest BCUT2D eigenvalue weighted by Gasteiger charge is 2.33. The van der Waals surface area contributed by atoms with Gasteiger partial charge in [0.05, 0.1) is 16.8 Å². The van der Waals surface area contributed by atoms with Crippen LogP contribution < -0.4 is 15.4 Å². The summed E-state index contributed by atoms with van der Waals surface area (Å²) >= 11 is 5.57. The summed E-state index contributed by atoms with van der Waals surface area (Å²) in [6, 6.07) is 13.0. The SMILES string of the molecule is O=C(NCc1cccc(Oc2cccnc2)c1)Nc1ccc(Cl)c(C(F)(F)F)c1. The molecule has 3 aromatic rings. The lowest BCUT2D eigenvalue weighted by atomic mass is 10.2. The van der Waals surface area contributed by atoms with E-state index in [1.807, 2.05) is 0 Å². The maximum absolute atomic E-state index is 12.9. The molecule has 0 atom stereocenters. The van der Waals surface area contributed by atoms with Gasteiger partial charge in [0.25, 0.3) is 0 Å². The van der Waals surface area contributed by atoms with E-state index in [1.54, 1.807) is 48.8 Å². The lowest BCUT2D eigenvalue weighted by Crippen LogP contribution is -2.28. The van der Waals surface area contributed by atoms with Gasteiger partial charge in [0.15, 0.2) is 0 Å². The van der Waals surface area contributed by atoms with Crippen LogP contribution in [0.4, 0.5) is 23.7 Å². The molecule has 5 nitrogen and oxygen atoms in total. The second kappa shape index (κ2) is 8.83. The van der Waals surface area contributed by atoms with E-state index in [9.17, 15) is 18.0 Å². The third-order valence-electron chi connectivity index (χ3n) is 3.75. The minimum Gasteiger partial charge on any atom is -0.456 e. The van der Waals surface area contributed by atoms with Gasteiger partial charge >= 0.3 is 12.2 Å². The molecule has 0 radical (unpaired) electrons. The minimum atomic E-state index is -4.61. The highest BCUT2D eigenvalue weighted by atomic mass is 35.5. The molecule has 0 aliphatic rings. The fourth-order valence-corrected chi connectivity index (χ4v) is 2.67. The maximum Gasteiger partial charge on any atom is 0.417 e. The Kier molecular flexibility index (Phi) is 6.23. The lowest BCUT2D eigenvalue weighted by molar-refractivity contribution is -0.137. The van der Waals surface area contributed by atoms with Crippen molar-refractivity contribution in [3.63, 3.8) is 0 Å². The van der Waals surface area contributed by atoms with Crippen molar-refractivity contribution in [2.75, 3.05) is 5.32 Å². The highest BCUT2D eigenvalue weighted by molar-refractivity contribution is 6.31. The number of benzene rings is 2. The zero-order chi connectivity index (χ0) is 20.9. The number of nitrogens with one attached hydrogen (secondary N) is 2. The molecule has 0 bridgehead atoms. The molecule has 2 aromatic carbocycles. The van der Waals surface area contributed by atoms with Gasteiger partial charge < -0.3 is 15.4 Å². The molecule has 1 aromatic heterocycles. The largest absolute Gasteiger partial charge is 0.456 e. The standard InChI is InChI=1S/C20H15ClF3N3O2/c21-18-7-6-14(10-17(18)20(22,23)24)27-19(28)26-11-13-3-1-4-15(9-13)29-16-5-2-8-25-12-16/h1-10,12H,11H2,(H2,26,27,28). The van der Waals surface area contributed by atoms with E-state index >= 15 is 0 Å². The summed E-state index contributed by atoms with van der Waals surface area (Å²) in [5, 5.41) is 4.50. The second-order valence-electron chi connectivity index (χ2n) is 5.94. The molecular formula is C20H15ClF3N3O2. The first-order valence-corrected chi connectivity index (χ1v) is 8.77. The van der Waals surface area contributed by atoms with E-state index in [0.717, 1.165) is 17.7 Å². The normalized spacial score (nSPS) is 11.0. The van der Waals surface area contributed by atoms with Crippen molar-refractivity contribution in [3.05, 3.63) is 83.1 Å². The van der Waals surface area contributed by atoms with Crippen molar-refractivity contribution in [1.82, 2.24) is 10.3 Å². The second-order valence-corrected chi connectivity index (χ2v) is 6.35. The topological polar surface area (TPSA) is 63.2 Å².